The van der Waals surface area contributed by atoms with Gasteiger partial charge in [0.25, 0.3) is 0 Å². The fraction of sp³-hybridized carbons (Fsp3) is 0.636. The minimum atomic E-state index is -0.537. The number of nitrogens with zero attached hydrogens (tertiary/aromatic N) is 1. The lowest BCUT2D eigenvalue weighted by Gasteiger charge is -2.09. The molecule has 0 aliphatic heterocycles. The first-order valence-corrected chi connectivity index (χ1v) is 5.05. The molecule has 0 saturated carbocycles. The van der Waals surface area contributed by atoms with Crippen molar-refractivity contribution >= 4 is 11.8 Å². The maximum absolute atomic E-state index is 11.5. The van der Waals surface area contributed by atoms with Crippen LogP contribution < -0.4 is 0 Å². The Labute approximate surface area is 90.9 Å². The Morgan fingerprint density at radius 2 is 1.93 bits per heavy atom. The zero-order valence-corrected chi connectivity index (χ0v) is 9.87. The molecule has 0 unspecified atom stereocenters. The Bertz CT molecular complexity index is 257. The zero-order chi connectivity index (χ0) is 11.8. The number of rotatable bonds is 6. The van der Waals surface area contributed by atoms with E-state index in [4.69, 9.17) is 4.74 Å². The number of unbranched alkanes of at least 4 members (excludes halogenated alkanes) is 1. The van der Waals surface area contributed by atoms with Crippen molar-refractivity contribution in [3.05, 3.63) is 11.8 Å². The second-order valence-electron chi connectivity index (χ2n) is 3.55. The molecule has 15 heavy (non-hydrogen) atoms. The Kier molecular flexibility index (Phi) is 6.42. The third-order valence-electron chi connectivity index (χ3n) is 1.72. The normalized spacial score (nSPS) is 11.1. The third-order valence-corrected chi connectivity index (χ3v) is 1.72. The van der Waals surface area contributed by atoms with Crippen LogP contribution in [0.3, 0.4) is 0 Å². The van der Waals surface area contributed by atoms with Crippen LogP contribution in [0, 0.1) is 0 Å². The summed E-state index contributed by atoms with van der Waals surface area (Å²) in [6, 6.07) is 0. The molecule has 0 aliphatic rings. The van der Waals surface area contributed by atoms with Crippen molar-refractivity contribution in [2.75, 3.05) is 20.7 Å². The number of Topliss-reactive ketones (excluding diaryl/α,β-unsaturated/α-hetero) is 1. The van der Waals surface area contributed by atoms with Crippen molar-refractivity contribution in [2.45, 2.75) is 26.7 Å². The van der Waals surface area contributed by atoms with E-state index < -0.39 is 5.97 Å². The van der Waals surface area contributed by atoms with Crippen LogP contribution in [-0.2, 0) is 14.3 Å². The van der Waals surface area contributed by atoms with E-state index in [0.717, 1.165) is 12.8 Å². The van der Waals surface area contributed by atoms with E-state index in [-0.39, 0.29) is 11.4 Å². The summed E-state index contributed by atoms with van der Waals surface area (Å²) in [6.07, 6.45) is 3.26. The molecule has 0 aromatic rings. The van der Waals surface area contributed by atoms with E-state index in [1.165, 1.54) is 13.1 Å². The average Bonchev–Trinajstić information content (AvgIpc) is 2.13. The molecule has 0 aromatic heterocycles. The predicted octanol–water partition coefficient (Wildman–Crippen LogP) is 1.36. The maximum Gasteiger partial charge on any atom is 0.343 e. The van der Waals surface area contributed by atoms with E-state index in [2.05, 4.69) is 0 Å². The minimum absolute atomic E-state index is 0.0936. The first-order valence-electron chi connectivity index (χ1n) is 5.05. The molecule has 4 heteroatoms. The van der Waals surface area contributed by atoms with E-state index in [9.17, 15) is 9.59 Å². The monoisotopic (exact) mass is 213 g/mol. The molecule has 0 saturated heterocycles. The van der Waals surface area contributed by atoms with Crippen molar-refractivity contribution in [1.82, 2.24) is 4.90 Å². The summed E-state index contributed by atoms with van der Waals surface area (Å²) in [6.45, 7) is 3.74. The van der Waals surface area contributed by atoms with Crippen molar-refractivity contribution in [1.29, 1.82) is 0 Å². The molecule has 0 spiro atoms. The summed E-state index contributed by atoms with van der Waals surface area (Å²) in [5.74, 6) is -0.810. The molecule has 0 heterocycles. The first kappa shape index (κ1) is 13.7. The van der Waals surface area contributed by atoms with Crippen molar-refractivity contribution in [2.24, 2.45) is 0 Å². The van der Waals surface area contributed by atoms with Crippen molar-refractivity contribution in [3.8, 4) is 0 Å². The number of ketones is 1. The molecule has 0 aliphatic carbocycles. The number of carbonyl (C=O) groups is 2. The van der Waals surface area contributed by atoms with Gasteiger partial charge in [-0.2, -0.15) is 0 Å². The molecule has 86 valence electrons. The lowest BCUT2D eigenvalue weighted by atomic mass is 10.2. The standard InChI is InChI=1S/C11H19NO3/c1-5-6-7-15-11(14)10(9(2)13)8-12(3)4/h8H,5-7H2,1-4H3. The summed E-state index contributed by atoms with van der Waals surface area (Å²) in [7, 11) is 3.50. The summed E-state index contributed by atoms with van der Waals surface area (Å²) in [5, 5.41) is 0. The molecule has 0 amide bonds. The summed E-state index contributed by atoms with van der Waals surface area (Å²) < 4.78 is 4.95. The molecule has 0 atom stereocenters. The molecule has 0 aromatic carbocycles. The van der Waals surface area contributed by atoms with Crippen molar-refractivity contribution in [3.63, 3.8) is 0 Å². The Balaban J connectivity index is 4.38. The molecule has 0 bridgehead atoms. The zero-order valence-electron chi connectivity index (χ0n) is 9.87. The highest BCUT2D eigenvalue weighted by Crippen LogP contribution is 2.02. The minimum Gasteiger partial charge on any atom is -0.462 e. The van der Waals surface area contributed by atoms with Gasteiger partial charge in [-0.25, -0.2) is 4.79 Å². The van der Waals surface area contributed by atoms with E-state index in [1.807, 2.05) is 6.92 Å². The highest BCUT2D eigenvalue weighted by atomic mass is 16.5. The van der Waals surface area contributed by atoms with Crippen LogP contribution in [0.15, 0.2) is 11.8 Å². The number of carbonyl (C=O) groups excluding carboxylic acids is 2. The molecule has 0 N–H and O–H groups in total. The largest absolute Gasteiger partial charge is 0.462 e. The Morgan fingerprint density at radius 3 is 2.33 bits per heavy atom. The topological polar surface area (TPSA) is 46.6 Å². The van der Waals surface area contributed by atoms with Gasteiger partial charge in [-0.1, -0.05) is 13.3 Å². The third kappa shape index (κ3) is 5.88. The van der Waals surface area contributed by atoms with Gasteiger partial charge in [0.15, 0.2) is 5.78 Å². The highest BCUT2D eigenvalue weighted by Gasteiger charge is 2.15. The molecular formula is C11H19NO3. The van der Waals surface area contributed by atoms with Crippen LogP contribution in [0.2, 0.25) is 0 Å². The van der Waals surface area contributed by atoms with Crippen LogP contribution in [-0.4, -0.2) is 37.4 Å². The Hall–Kier alpha value is -1.32. The molecule has 0 radical (unpaired) electrons. The molecule has 0 fully saturated rings. The van der Waals surface area contributed by atoms with Gasteiger partial charge < -0.3 is 9.64 Å². The number of hydrogen-bond acceptors (Lipinski definition) is 4. The predicted molar refractivity (Wildman–Crippen MR) is 58.3 cm³/mol. The Morgan fingerprint density at radius 1 is 1.33 bits per heavy atom. The SMILES string of the molecule is CCCCOC(=O)C(=CN(C)C)C(C)=O. The number of esters is 1. The van der Waals surface area contributed by atoms with Crippen molar-refractivity contribution < 1.29 is 14.3 Å². The van der Waals surface area contributed by atoms with Gasteiger partial charge in [0, 0.05) is 20.3 Å². The lowest BCUT2D eigenvalue weighted by molar-refractivity contribution is -0.140. The van der Waals surface area contributed by atoms with Gasteiger partial charge in [0.05, 0.1) is 6.61 Å². The van der Waals surface area contributed by atoms with E-state index in [0.29, 0.717) is 6.61 Å². The number of hydrogen-bond donors (Lipinski definition) is 0. The maximum atomic E-state index is 11.5. The van der Waals surface area contributed by atoms with Gasteiger partial charge in [-0.15, -0.1) is 0 Å². The van der Waals surface area contributed by atoms with Crippen LogP contribution in [0.4, 0.5) is 0 Å². The van der Waals surface area contributed by atoms with Crippen LogP contribution in [0.5, 0.6) is 0 Å². The van der Waals surface area contributed by atoms with Gasteiger partial charge in [0.2, 0.25) is 0 Å². The molecular weight excluding hydrogens is 194 g/mol. The number of ether oxygens (including phenoxy) is 1. The summed E-state index contributed by atoms with van der Waals surface area (Å²) >= 11 is 0. The molecule has 0 rings (SSSR count). The van der Waals surface area contributed by atoms with Gasteiger partial charge in [-0.3, -0.25) is 4.79 Å². The quantitative estimate of drug-likeness (QED) is 0.220. The van der Waals surface area contributed by atoms with E-state index in [1.54, 1.807) is 19.0 Å². The van der Waals surface area contributed by atoms with Crippen LogP contribution >= 0.6 is 0 Å². The van der Waals surface area contributed by atoms with Gasteiger partial charge in [-0.05, 0) is 13.3 Å². The second-order valence-corrected chi connectivity index (χ2v) is 3.55. The van der Waals surface area contributed by atoms with Gasteiger partial charge in [0.1, 0.15) is 5.57 Å². The van der Waals surface area contributed by atoms with Crippen LogP contribution in [0.1, 0.15) is 26.7 Å². The summed E-state index contributed by atoms with van der Waals surface area (Å²) in [5.41, 5.74) is 0.0936. The first-order chi connectivity index (χ1) is 6.99. The second kappa shape index (κ2) is 7.04. The fourth-order valence-corrected chi connectivity index (χ4v) is 0.932. The molecule has 4 nitrogen and oxygen atoms in total. The summed E-state index contributed by atoms with van der Waals surface area (Å²) in [4.78, 5) is 24.3. The van der Waals surface area contributed by atoms with Gasteiger partial charge >= 0.3 is 5.97 Å². The smallest absolute Gasteiger partial charge is 0.343 e. The average molecular weight is 213 g/mol. The van der Waals surface area contributed by atoms with E-state index >= 15 is 0 Å². The highest BCUT2D eigenvalue weighted by molar-refractivity contribution is 6.16. The van der Waals surface area contributed by atoms with Crippen LogP contribution in [0.25, 0.3) is 0 Å². The fourth-order valence-electron chi connectivity index (χ4n) is 0.932. The lowest BCUT2D eigenvalue weighted by Crippen LogP contribution is -2.17.